The number of ether oxygens (including phenoxy) is 1. The first-order valence-corrected chi connectivity index (χ1v) is 18.9. The van der Waals surface area contributed by atoms with Gasteiger partial charge in [-0.3, -0.25) is 8.86 Å². The van der Waals surface area contributed by atoms with E-state index in [2.05, 4.69) is 39.0 Å². The summed E-state index contributed by atoms with van der Waals surface area (Å²) in [6, 6.07) is 3.81. The van der Waals surface area contributed by atoms with Crippen molar-refractivity contribution in [2.75, 3.05) is 26.6 Å². The van der Waals surface area contributed by atoms with E-state index in [1.54, 1.807) is 0 Å². The predicted molar refractivity (Wildman–Crippen MR) is 167 cm³/mol. The lowest BCUT2D eigenvalue weighted by Crippen LogP contribution is -2.41. The van der Waals surface area contributed by atoms with E-state index in [4.69, 9.17) is 24.9 Å². The Balaban J connectivity index is 2.19. The molecule has 12 heteroatoms. The molecule has 0 saturated heterocycles. The van der Waals surface area contributed by atoms with Gasteiger partial charge in [0.2, 0.25) is 0 Å². The molecule has 2 aromatic heterocycles. The summed E-state index contributed by atoms with van der Waals surface area (Å²) in [6.07, 6.45) is 2.68. The zero-order valence-corrected chi connectivity index (χ0v) is 28.5. The molecular weight excluding hydrogens is 582 g/mol. The van der Waals surface area contributed by atoms with Gasteiger partial charge in [-0.15, -0.1) is 0 Å². The Kier molecular flexibility index (Phi) is 10.2. The maximum atomic E-state index is 13.4. The Morgan fingerprint density at radius 2 is 1.76 bits per heavy atom. The monoisotopic (exact) mass is 625 g/mol. The first-order valence-electron chi connectivity index (χ1n) is 13.8. The fourth-order valence-electron chi connectivity index (χ4n) is 4.90. The molecule has 0 spiro atoms. The molecule has 0 aliphatic heterocycles. The predicted octanol–water partition coefficient (Wildman–Crippen LogP) is 6.42. The smallest absolute Gasteiger partial charge is 0.354 e. The molecule has 2 heterocycles. The van der Waals surface area contributed by atoms with Crippen LogP contribution in [0.15, 0.2) is 12.1 Å². The highest BCUT2D eigenvalue weighted by atomic mass is 35.5. The molecule has 0 bridgehead atoms. The fourth-order valence-corrected chi connectivity index (χ4v) is 6.65. The Morgan fingerprint density at radius 3 is 2.29 bits per heavy atom. The van der Waals surface area contributed by atoms with Crippen LogP contribution in [0.5, 0.6) is 0 Å². The summed E-state index contributed by atoms with van der Waals surface area (Å²) >= 11 is 6.89. The summed E-state index contributed by atoms with van der Waals surface area (Å²) in [4.78, 5) is 13.4. The van der Waals surface area contributed by atoms with Gasteiger partial charge >= 0.3 is 5.97 Å². The van der Waals surface area contributed by atoms with Crippen molar-refractivity contribution in [3.05, 3.63) is 39.8 Å². The van der Waals surface area contributed by atoms with Gasteiger partial charge in [-0.05, 0) is 62.9 Å². The SMILES string of the molecule is COC(=O)c1c(CCCO[Si](C)(C)C(C)(C)C)c2ccc(Cl)c(-c3c(C)nn(C)c3C)c2n1CCCOS(C)(=O)=O. The van der Waals surface area contributed by atoms with E-state index in [0.29, 0.717) is 36.7 Å². The first-order chi connectivity index (χ1) is 18.9. The van der Waals surface area contributed by atoms with Crippen LogP contribution in [0.1, 0.15) is 61.1 Å². The lowest BCUT2D eigenvalue weighted by molar-refractivity contribution is 0.0587. The van der Waals surface area contributed by atoms with E-state index in [1.165, 1.54) is 7.11 Å². The largest absolute Gasteiger partial charge is 0.464 e. The maximum absolute atomic E-state index is 13.4. The van der Waals surface area contributed by atoms with Crippen LogP contribution >= 0.6 is 11.6 Å². The lowest BCUT2D eigenvalue weighted by Gasteiger charge is -2.36. The van der Waals surface area contributed by atoms with E-state index < -0.39 is 24.4 Å². The van der Waals surface area contributed by atoms with Gasteiger partial charge in [0, 0.05) is 42.4 Å². The number of hydrogen-bond acceptors (Lipinski definition) is 7. The molecule has 0 N–H and O–H groups in total. The van der Waals surface area contributed by atoms with E-state index in [0.717, 1.165) is 51.7 Å². The molecule has 9 nitrogen and oxygen atoms in total. The Hall–Kier alpha value is -2.18. The van der Waals surface area contributed by atoms with Crippen LogP contribution in [0.25, 0.3) is 22.0 Å². The zero-order valence-electron chi connectivity index (χ0n) is 26.0. The number of nitrogens with zero attached hydrogens (tertiary/aromatic N) is 3. The first kappa shape index (κ1) is 33.3. The van der Waals surface area contributed by atoms with Crippen molar-refractivity contribution in [3.63, 3.8) is 0 Å². The van der Waals surface area contributed by atoms with Crippen molar-refractivity contribution in [1.82, 2.24) is 14.3 Å². The van der Waals surface area contributed by atoms with Gasteiger partial charge in [-0.2, -0.15) is 13.5 Å². The molecule has 0 aliphatic carbocycles. The molecule has 41 heavy (non-hydrogen) atoms. The summed E-state index contributed by atoms with van der Waals surface area (Å²) in [5.41, 5.74) is 5.51. The van der Waals surface area contributed by atoms with Crippen LogP contribution in [0.4, 0.5) is 0 Å². The van der Waals surface area contributed by atoms with Gasteiger partial charge in [0.25, 0.3) is 10.1 Å². The third kappa shape index (κ3) is 7.25. The van der Waals surface area contributed by atoms with Crippen molar-refractivity contribution in [1.29, 1.82) is 0 Å². The average Bonchev–Trinajstić information content (AvgIpc) is 3.30. The molecule has 3 aromatic rings. The van der Waals surface area contributed by atoms with E-state index >= 15 is 0 Å². The van der Waals surface area contributed by atoms with Crippen molar-refractivity contribution in [3.8, 4) is 11.1 Å². The number of aromatic nitrogens is 3. The summed E-state index contributed by atoms with van der Waals surface area (Å²) in [5.74, 6) is -0.466. The Labute approximate surface area is 250 Å². The number of benzene rings is 1. The molecular formula is C29H44ClN3O6SSi. The van der Waals surface area contributed by atoms with Gasteiger partial charge in [0.1, 0.15) is 5.69 Å². The third-order valence-corrected chi connectivity index (χ3v) is 13.5. The lowest BCUT2D eigenvalue weighted by atomic mass is 9.98. The average molecular weight is 626 g/mol. The van der Waals surface area contributed by atoms with Gasteiger partial charge in [-0.25, -0.2) is 4.79 Å². The van der Waals surface area contributed by atoms with Crippen LogP contribution in [-0.4, -0.2) is 63.6 Å². The molecule has 0 unspecified atom stereocenters. The second-order valence-corrected chi connectivity index (χ2v) is 18.9. The van der Waals surface area contributed by atoms with Crippen LogP contribution in [0.3, 0.4) is 0 Å². The minimum Gasteiger partial charge on any atom is -0.464 e. The van der Waals surface area contributed by atoms with Crippen molar-refractivity contribution in [2.45, 2.75) is 78.6 Å². The van der Waals surface area contributed by atoms with Crippen molar-refractivity contribution in [2.24, 2.45) is 7.05 Å². The number of hydrogen-bond donors (Lipinski definition) is 0. The standard InChI is InChI=1S/C29H44ClN3O6SSi/c1-19-24(20(2)32(6)31-19)25-23(30)15-14-22-21(13-11-18-39-41(9,10)29(3,4)5)27(28(34)37-7)33(26(22)25)16-12-17-38-40(8,35)36/h14-15H,11-13,16-18H2,1-10H3. The van der Waals surface area contributed by atoms with E-state index in [9.17, 15) is 13.2 Å². The molecule has 228 valence electrons. The number of esters is 1. The van der Waals surface area contributed by atoms with Gasteiger partial charge in [0.05, 0.1) is 36.2 Å². The number of methoxy groups -OCH3 is 1. The van der Waals surface area contributed by atoms with Crippen LogP contribution in [-0.2, 0) is 43.5 Å². The van der Waals surface area contributed by atoms with Crippen molar-refractivity contribution >= 4 is 46.9 Å². The summed E-state index contributed by atoms with van der Waals surface area (Å²) in [6.45, 7) is 15.9. The summed E-state index contributed by atoms with van der Waals surface area (Å²) in [5, 5.41) is 6.13. The number of carbonyl (C=O) groups excluding carboxylic acids is 1. The second-order valence-electron chi connectivity index (χ2n) is 12.1. The quantitative estimate of drug-likeness (QED) is 0.0990. The zero-order chi connectivity index (χ0) is 30.9. The molecule has 0 saturated carbocycles. The number of fused-ring (bicyclic) bond motifs is 1. The highest BCUT2D eigenvalue weighted by Gasteiger charge is 2.37. The molecule has 0 radical (unpaired) electrons. The highest BCUT2D eigenvalue weighted by molar-refractivity contribution is 7.85. The molecule has 0 atom stereocenters. The highest BCUT2D eigenvalue weighted by Crippen LogP contribution is 2.42. The van der Waals surface area contributed by atoms with Crippen LogP contribution < -0.4 is 0 Å². The Morgan fingerprint density at radius 1 is 1.10 bits per heavy atom. The van der Waals surface area contributed by atoms with Crippen LogP contribution in [0, 0.1) is 13.8 Å². The topological polar surface area (TPSA) is 102 Å². The number of halogens is 1. The fraction of sp³-hybridized carbons (Fsp3) is 0.586. The molecule has 0 fully saturated rings. The molecule has 1 aromatic carbocycles. The molecule has 3 rings (SSSR count). The van der Waals surface area contributed by atoms with Crippen molar-refractivity contribution < 1.29 is 26.6 Å². The second kappa shape index (κ2) is 12.6. The number of rotatable bonds is 12. The minimum atomic E-state index is -3.59. The van der Waals surface area contributed by atoms with Gasteiger partial charge in [-0.1, -0.05) is 38.4 Å². The van der Waals surface area contributed by atoms with E-state index in [1.807, 2.05) is 42.3 Å². The van der Waals surface area contributed by atoms with Gasteiger partial charge in [0.15, 0.2) is 8.32 Å². The van der Waals surface area contributed by atoms with E-state index in [-0.39, 0.29) is 11.6 Å². The normalized spacial score (nSPS) is 12.9. The van der Waals surface area contributed by atoms with Crippen LogP contribution in [0.2, 0.25) is 23.2 Å². The maximum Gasteiger partial charge on any atom is 0.354 e. The molecule has 0 aliphatic rings. The number of carbonyl (C=O) groups is 1. The molecule has 0 amide bonds. The minimum absolute atomic E-state index is 0.0182. The Bertz CT molecular complexity index is 1540. The summed E-state index contributed by atoms with van der Waals surface area (Å²) < 4.78 is 43.6. The third-order valence-electron chi connectivity index (χ3n) is 8.08. The summed E-state index contributed by atoms with van der Waals surface area (Å²) in [7, 11) is -2.27. The van der Waals surface area contributed by atoms with Gasteiger partial charge < -0.3 is 13.7 Å². The number of aryl methyl sites for hydroxylation is 4.